The Balaban J connectivity index is 1.57. The van der Waals surface area contributed by atoms with Crippen LogP contribution >= 0.6 is 0 Å². The van der Waals surface area contributed by atoms with Crippen LogP contribution in [0.15, 0.2) is 24.3 Å². The van der Waals surface area contributed by atoms with Crippen LogP contribution in [0.1, 0.15) is 62.5 Å². The first-order chi connectivity index (χ1) is 10.7. The summed E-state index contributed by atoms with van der Waals surface area (Å²) in [5.74, 6) is 1.09. The zero-order chi connectivity index (χ0) is 15.4. The first kappa shape index (κ1) is 15.6. The third-order valence-corrected chi connectivity index (χ3v) is 5.20. The second-order valence-corrected chi connectivity index (χ2v) is 6.84. The second kappa shape index (κ2) is 7.30. The second-order valence-electron chi connectivity index (χ2n) is 6.84. The Morgan fingerprint density at radius 3 is 2.59 bits per heavy atom. The molecule has 120 valence electrons. The van der Waals surface area contributed by atoms with Crippen LogP contribution in [0.25, 0.3) is 0 Å². The van der Waals surface area contributed by atoms with Crippen molar-refractivity contribution in [3.8, 4) is 5.75 Å². The summed E-state index contributed by atoms with van der Waals surface area (Å²) < 4.78 is 20.3. The van der Waals surface area contributed by atoms with Gasteiger partial charge >= 0.3 is 0 Å². The molecule has 0 unspecified atom stereocenters. The lowest BCUT2D eigenvalue weighted by Gasteiger charge is -2.21. The Hall–Kier alpha value is -1.31. The van der Waals surface area contributed by atoms with Crippen molar-refractivity contribution in [1.82, 2.24) is 0 Å². The summed E-state index contributed by atoms with van der Waals surface area (Å²) in [6, 6.07) is 3.87. The van der Waals surface area contributed by atoms with Gasteiger partial charge in [0.25, 0.3) is 0 Å². The minimum Gasteiger partial charge on any atom is -0.487 e. The highest BCUT2D eigenvalue weighted by Crippen LogP contribution is 2.30. The van der Waals surface area contributed by atoms with Gasteiger partial charge < -0.3 is 4.74 Å². The van der Waals surface area contributed by atoms with E-state index in [1.807, 2.05) is 19.1 Å². The monoisotopic (exact) mass is 302 g/mol. The summed E-state index contributed by atoms with van der Waals surface area (Å²) in [6.45, 7) is 1.88. The van der Waals surface area contributed by atoms with E-state index in [4.69, 9.17) is 4.74 Å². The van der Waals surface area contributed by atoms with Gasteiger partial charge in [0.05, 0.1) is 6.10 Å². The number of allylic oxidation sites excluding steroid dienone is 2. The maximum Gasteiger partial charge on any atom is 0.168 e. The van der Waals surface area contributed by atoms with Crippen molar-refractivity contribution in [2.75, 3.05) is 0 Å². The van der Waals surface area contributed by atoms with E-state index < -0.39 is 0 Å². The molecule has 3 rings (SSSR count). The molecule has 22 heavy (non-hydrogen) atoms. The molecule has 2 fully saturated rings. The first-order valence-corrected chi connectivity index (χ1v) is 8.85. The van der Waals surface area contributed by atoms with Crippen molar-refractivity contribution in [2.45, 2.75) is 70.8 Å². The molecule has 0 aliphatic heterocycles. The van der Waals surface area contributed by atoms with Crippen LogP contribution in [-0.2, 0) is 6.42 Å². The van der Waals surface area contributed by atoms with Gasteiger partial charge in [-0.2, -0.15) is 0 Å². The minimum absolute atomic E-state index is 0.160. The summed E-state index contributed by atoms with van der Waals surface area (Å²) in [6.07, 6.45) is 15.3. The molecular formula is C20H27FO. The van der Waals surface area contributed by atoms with Crippen LogP contribution in [0.3, 0.4) is 0 Å². The number of hydrogen-bond donors (Lipinski definition) is 0. The van der Waals surface area contributed by atoms with Gasteiger partial charge in [-0.15, -0.1) is 0 Å². The Kier molecular flexibility index (Phi) is 5.17. The fourth-order valence-electron chi connectivity index (χ4n) is 3.41. The van der Waals surface area contributed by atoms with E-state index in [-0.39, 0.29) is 11.9 Å². The van der Waals surface area contributed by atoms with E-state index in [1.165, 1.54) is 32.1 Å². The maximum atomic E-state index is 14.5. The van der Waals surface area contributed by atoms with Gasteiger partial charge in [0.2, 0.25) is 0 Å². The number of halogens is 1. The lowest BCUT2D eigenvalue weighted by molar-refractivity contribution is 0.200. The van der Waals surface area contributed by atoms with Gasteiger partial charge in [-0.1, -0.05) is 24.6 Å². The van der Waals surface area contributed by atoms with Crippen LogP contribution in [0.2, 0.25) is 0 Å². The van der Waals surface area contributed by atoms with Crippen molar-refractivity contribution < 1.29 is 9.13 Å². The number of aryl methyl sites for hydroxylation is 1. The highest BCUT2D eigenvalue weighted by atomic mass is 19.1. The summed E-state index contributed by atoms with van der Waals surface area (Å²) in [7, 11) is 0. The zero-order valence-corrected chi connectivity index (χ0v) is 13.6. The molecule has 1 nitrogen and oxygen atoms in total. The Labute approximate surface area is 133 Å². The predicted molar refractivity (Wildman–Crippen MR) is 88.8 cm³/mol. The van der Waals surface area contributed by atoms with E-state index in [9.17, 15) is 4.39 Å². The van der Waals surface area contributed by atoms with Crippen molar-refractivity contribution in [3.05, 3.63) is 41.2 Å². The van der Waals surface area contributed by atoms with Gasteiger partial charge in [0.15, 0.2) is 11.6 Å². The van der Waals surface area contributed by atoms with Gasteiger partial charge in [-0.3, -0.25) is 0 Å². The molecule has 2 aliphatic carbocycles. The summed E-state index contributed by atoms with van der Waals surface area (Å²) in [5, 5.41) is 0. The van der Waals surface area contributed by atoms with Crippen LogP contribution < -0.4 is 4.74 Å². The molecule has 2 aliphatic rings. The molecule has 0 spiro atoms. The van der Waals surface area contributed by atoms with E-state index in [0.717, 1.165) is 42.7 Å². The fraction of sp³-hybridized carbons (Fsp3) is 0.600. The molecular weight excluding hydrogens is 275 g/mol. The third kappa shape index (κ3) is 3.71. The van der Waals surface area contributed by atoms with Crippen molar-refractivity contribution >= 4 is 0 Å². The van der Waals surface area contributed by atoms with Gasteiger partial charge in [0, 0.05) is 0 Å². The normalized spacial score (nSPS) is 19.7. The Morgan fingerprint density at radius 1 is 1.14 bits per heavy atom. The van der Waals surface area contributed by atoms with Crippen LogP contribution in [0.5, 0.6) is 5.75 Å². The predicted octanol–water partition coefficient (Wildman–Crippen LogP) is 5.74. The van der Waals surface area contributed by atoms with Crippen molar-refractivity contribution in [2.24, 2.45) is 5.92 Å². The number of ether oxygens (including phenoxy) is 1. The highest BCUT2D eigenvalue weighted by Gasteiger charge is 2.19. The summed E-state index contributed by atoms with van der Waals surface area (Å²) in [5.41, 5.74) is 1.86. The SMILES string of the molecule is Cc1c(CC/C=C/C2CCC2)ccc(OC2CCCC2)c1F. The largest absolute Gasteiger partial charge is 0.487 e. The number of benzene rings is 1. The van der Waals surface area contributed by atoms with E-state index in [1.54, 1.807) is 0 Å². The van der Waals surface area contributed by atoms with Crippen LogP contribution in [-0.4, -0.2) is 6.10 Å². The minimum atomic E-state index is -0.160. The summed E-state index contributed by atoms with van der Waals surface area (Å²) >= 11 is 0. The highest BCUT2D eigenvalue weighted by molar-refractivity contribution is 5.37. The Morgan fingerprint density at radius 2 is 1.91 bits per heavy atom. The van der Waals surface area contributed by atoms with Crippen molar-refractivity contribution in [1.29, 1.82) is 0 Å². The average molecular weight is 302 g/mol. The molecule has 1 aromatic carbocycles. The standard InChI is InChI=1S/C20H27FO/c1-15-17(10-3-2-7-16-8-6-9-16)13-14-19(20(15)21)22-18-11-4-5-12-18/h2,7,13-14,16,18H,3-6,8-12H2,1H3/b7-2+. The fourth-order valence-corrected chi connectivity index (χ4v) is 3.41. The molecule has 1 aromatic rings. The molecule has 0 heterocycles. The topological polar surface area (TPSA) is 9.23 Å². The Bertz CT molecular complexity index is 525. The van der Waals surface area contributed by atoms with Gasteiger partial charge in [-0.25, -0.2) is 4.39 Å². The van der Waals surface area contributed by atoms with E-state index in [2.05, 4.69) is 12.2 Å². The lowest BCUT2D eigenvalue weighted by atomic mass is 9.85. The zero-order valence-electron chi connectivity index (χ0n) is 13.6. The molecule has 2 heteroatoms. The van der Waals surface area contributed by atoms with Gasteiger partial charge in [0.1, 0.15) is 0 Å². The number of rotatable bonds is 6. The quantitative estimate of drug-likeness (QED) is 0.608. The molecule has 0 atom stereocenters. The molecule has 0 bridgehead atoms. The summed E-state index contributed by atoms with van der Waals surface area (Å²) in [4.78, 5) is 0. The van der Waals surface area contributed by atoms with E-state index in [0.29, 0.717) is 5.75 Å². The third-order valence-electron chi connectivity index (χ3n) is 5.20. The van der Waals surface area contributed by atoms with Crippen LogP contribution in [0.4, 0.5) is 4.39 Å². The lowest BCUT2D eigenvalue weighted by Crippen LogP contribution is -2.12. The molecule has 0 N–H and O–H groups in total. The molecule has 0 amide bonds. The van der Waals surface area contributed by atoms with Crippen LogP contribution in [0, 0.1) is 18.7 Å². The number of hydrogen-bond acceptors (Lipinski definition) is 1. The van der Waals surface area contributed by atoms with Gasteiger partial charge in [-0.05, 0) is 81.4 Å². The molecule has 0 radical (unpaired) electrons. The first-order valence-electron chi connectivity index (χ1n) is 8.85. The molecule has 0 saturated heterocycles. The molecule has 0 aromatic heterocycles. The van der Waals surface area contributed by atoms with Crippen molar-refractivity contribution in [3.63, 3.8) is 0 Å². The smallest absolute Gasteiger partial charge is 0.168 e. The van der Waals surface area contributed by atoms with E-state index >= 15 is 0 Å². The molecule has 2 saturated carbocycles. The maximum absolute atomic E-state index is 14.5. The average Bonchev–Trinajstić information content (AvgIpc) is 2.97.